The standard InChI is InChI=1S/C17H16O4/c1-19-15-5-3-2-4-12(15)6-8-14(18)13-7-9-16-17(10-13)21-11-20-16/h2-5,7,9-10H,6,8,11H2,1H3. The summed E-state index contributed by atoms with van der Waals surface area (Å²) in [6.45, 7) is 0.216. The number of hydrogen-bond donors (Lipinski definition) is 0. The van der Waals surface area contributed by atoms with Crippen molar-refractivity contribution in [2.75, 3.05) is 13.9 Å². The van der Waals surface area contributed by atoms with Crippen molar-refractivity contribution in [1.82, 2.24) is 0 Å². The van der Waals surface area contributed by atoms with Gasteiger partial charge >= 0.3 is 0 Å². The quantitative estimate of drug-likeness (QED) is 0.791. The van der Waals surface area contributed by atoms with Crippen molar-refractivity contribution in [3.63, 3.8) is 0 Å². The van der Waals surface area contributed by atoms with Crippen molar-refractivity contribution >= 4 is 5.78 Å². The minimum atomic E-state index is 0.0826. The fourth-order valence-corrected chi connectivity index (χ4v) is 2.37. The summed E-state index contributed by atoms with van der Waals surface area (Å²) in [5.41, 5.74) is 1.68. The summed E-state index contributed by atoms with van der Waals surface area (Å²) in [6.07, 6.45) is 1.08. The molecule has 1 aliphatic rings. The van der Waals surface area contributed by atoms with Gasteiger partial charge in [-0.25, -0.2) is 0 Å². The highest BCUT2D eigenvalue weighted by molar-refractivity contribution is 5.96. The zero-order valence-corrected chi connectivity index (χ0v) is 11.8. The summed E-state index contributed by atoms with van der Waals surface area (Å²) in [4.78, 5) is 12.3. The average molecular weight is 284 g/mol. The Morgan fingerprint density at radius 3 is 2.81 bits per heavy atom. The molecular formula is C17H16O4. The average Bonchev–Trinajstić information content (AvgIpc) is 3.00. The van der Waals surface area contributed by atoms with Gasteiger partial charge in [-0.15, -0.1) is 0 Å². The van der Waals surface area contributed by atoms with Crippen molar-refractivity contribution in [3.05, 3.63) is 53.6 Å². The van der Waals surface area contributed by atoms with E-state index in [2.05, 4.69) is 0 Å². The number of Topliss-reactive ketones (excluding diaryl/α,β-unsaturated/α-hetero) is 1. The second-order valence-electron chi connectivity index (χ2n) is 4.80. The molecule has 1 heterocycles. The van der Waals surface area contributed by atoms with Gasteiger partial charge in [-0.05, 0) is 36.2 Å². The number of hydrogen-bond acceptors (Lipinski definition) is 4. The molecule has 0 bridgehead atoms. The number of ether oxygens (including phenoxy) is 3. The van der Waals surface area contributed by atoms with Gasteiger partial charge in [0.1, 0.15) is 5.75 Å². The lowest BCUT2D eigenvalue weighted by Gasteiger charge is -2.07. The Kier molecular flexibility index (Phi) is 3.77. The molecule has 0 N–H and O–H groups in total. The van der Waals surface area contributed by atoms with E-state index in [-0.39, 0.29) is 12.6 Å². The number of ketones is 1. The third-order valence-corrected chi connectivity index (χ3v) is 3.51. The summed E-state index contributed by atoms with van der Waals surface area (Å²) < 4.78 is 15.8. The molecule has 0 amide bonds. The zero-order valence-electron chi connectivity index (χ0n) is 11.8. The molecule has 108 valence electrons. The van der Waals surface area contributed by atoms with Gasteiger partial charge in [-0.3, -0.25) is 4.79 Å². The van der Waals surface area contributed by atoms with E-state index in [1.807, 2.05) is 24.3 Å². The maximum atomic E-state index is 12.3. The van der Waals surface area contributed by atoms with Crippen molar-refractivity contribution < 1.29 is 19.0 Å². The van der Waals surface area contributed by atoms with Crippen LogP contribution in [0.25, 0.3) is 0 Å². The van der Waals surface area contributed by atoms with E-state index < -0.39 is 0 Å². The molecule has 0 atom stereocenters. The SMILES string of the molecule is COc1ccccc1CCC(=O)c1ccc2c(c1)OCO2. The Morgan fingerprint density at radius 1 is 1.14 bits per heavy atom. The van der Waals surface area contributed by atoms with E-state index >= 15 is 0 Å². The van der Waals surface area contributed by atoms with Crippen LogP contribution in [-0.2, 0) is 6.42 Å². The molecule has 1 aliphatic heterocycles. The molecule has 0 radical (unpaired) electrons. The first-order valence-corrected chi connectivity index (χ1v) is 6.82. The maximum Gasteiger partial charge on any atom is 0.231 e. The molecule has 0 aliphatic carbocycles. The Bertz CT molecular complexity index is 664. The van der Waals surface area contributed by atoms with Crippen LogP contribution in [0.1, 0.15) is 22.3 Å². The number of carbonyl (C=O) groups excluding carboxylic acids is 1. The highest BCUT2D eigenvalue weighted by Crippen LogP contribution is 2.33. The molecule has 0 saturated carbocycles. The van der Waals surface area contributed by atoms with Gasteiger partial charge in [0, 0.05) is 12.0 Å². The number of para-hydroxylation sites is 1. The summed E-state index contributed by atoms with van der Waals surface area (Å²) in [6, 6.07) is 13.0. The van der Waals surface area contributed by atoms with Gasteiger partial charge < -0.3 is 14.2 Å². The second-order valence-corrected chi connectivity index (χ2v) is 4.80. The zero-order chi connectivity index (χ0) is 14.7. The third-order valence-electron chi connectivity index (χ3n) is 3.51. The van der Waals surface area contributed by atoms with Crippen LogP contribution < -0.4 is 14.2 Å². The molecule has 21 heavy (non-hydrogen) atoms. The number of benzene rings is 2. The van der Waals surface area contributed by atoms with Gasteiger partial charge in [0.25, 0.3) is 0 Å². The van der Waals surface area contributed by atoms with Crippen molar-refractivity contribution in [3.8, 4) is 17.2 Å². The van der Waals surface area contributed by atoms with Crippen LogP contribution in [0.5, 0.6) is 17.2 Å². The Balaban J connectivity index is 1.69. The Labute approximate surface area is 123 Å². The lowest BCUT2D eigenvalue weighted by molar-refractivity contribution is 0.0982. The predicted molar refractivity (Wildman–Crippen MR) is 78.2 cm³/mol. The number of aryl methyl sites for hydroxylation is 1. The first-order valence-electron chi connectivity index (χ1n) is 6.82. The smallest absolute Gasteiger partial charge is 0.231 e. The first-order chi connectivity index (χ1) is 10.3. The molecule has 0 fully saturated rings. The van der Waals surface area contributed by atoms with Gasteiger partial charge in [0.15, 0.2) is 17.3 Å². The van der Waals surface area contributed by atoms with E-state index in [0.717, 1.165) is 11.3 Å². The van der Waals surface area contributed by atoms with E-state index in [1.165, 1.54) is 0 Å². The van der Waals surface area contributed by atoms with E-state index in [4.69, 9.17) is 14.2 Å². The highest BCUT2D eigenvalue weighted by Gasteiger charge is 2.16. The number of rotatable bonds is 5. The molecule has 0 spiro atoms. The van der Waals surface area contributed by atoms with Gasteiger partial charge in [0.2, 0.25) is 6.79 Å². The van der Waals surface area contributed by atoms with Gasteiger partial charge in [-0.1, -0.05) is 18.2 Å². The molecule has 0 saturated heterocycles. The van der Waals surface area contributed by atoms with Crippen LogP contribution in [0.4, 0.5) is 0 Å². The normalized spacial score (nSPS) is 12.2. The lowest BCUT2D eigenvalue weighted by Crippen LogP contribution is -2.02. The number of carbonyl (C=O) groups is 1. The topological polar surface area (TPSA) is 44.8 Å². The van der Waals surface area contributed by atoms with Crippen LogP contribution in [0.15, 0.2) is 42.5 Å². The van der Waals surface area contributed by atoms with Crippen molar-refractivity contribution in [1.29, 1.82) is 0 Å². The van der Waals surface area contributed by atoms with Crippen LogP contribution in [0.2, 0.25) is 0 Å². The third kappa shape index (κ3) is 2.84. The Hall–Kier alpha value is -2.49. The summed E-state index contributed by atoms with van der Waals surface area (Å²) in [5.74, 6) is 2.23. The van der Waals surface area contributed by atoms with Crippen molar-refractivity contribution in [2.45, 2.75) is 12.8 Å². The first kappa shape index (κ1) is 13.5. The molecule has 4 heteroatoms. The van der Waals surface area contributed by atoms with Gasteiger partial charge in [-0.2, -0.15) is 0 Å². The van der Waals surface area contributed by atoms with Crippen molar-refractivity contribution in [2.24, 2.45) is 0 Å². The number of methoxy groups -OCH3 is 1. The molecule has 4 nitrogen and oxygen atoms in total. The largest absolute Gasteiger partial charge is 0.496 e. The molecule has 0 aromatic heterocycles. The van der Waals surface area contributed by atoms with E-state index in [0.29, 0.717) is 29.9 Å². The fraction of sp³-hybridized carbons (Fsp3) is 0.235. The summed E-state index contributed by atoms with van der Waals surface area (Å²) >= 11 is 0. The van der Waals surface area contributed by atoms with Crippen LogP contribution in [0.3, 0.4) is 0 Å². The monoisotopic (exact) mass is 284 g/mol. The minimum absolute atomic E-state index is 0.0826. The molecular weight excluding hydrogens is 268 g/mol. The summed E-state index contributed by atoms with van der Waals surface area (Å²) in [7, 11) is 1.64. The van der Waals surface area contributed by atoms with Crippen LogP contribution in [0, 0.1) is 0 Å². The van der Waals surface area contributed by atoms with Crippen LogP contribution in [-0.4, -0.2) is 19.7 Å². The fourth-order valence-electron chi connectivity index (χ4n) is 2.37. The highest BCUT2D eigenvalue weighted by atomic mass is 16.7. The molecule has 0 unspecified atom stereocenters. The molecule has 3 rings (SSSR count). The Morgan fingerprint density at radius 2 is 1.95 bits per heavy atom. The lowest BCUT2D eigenvalue weighted by atomic mass is 10.0. The maximum absolute atomic E-state index is 12.3. The number of fused-ring (bicyclic) bond motifs is 1. The van der Waals surface area contributed by atoms with E-state index in [9.17, 15) is 4.79 Å². The van der Waals surface area contributed by atoms with Gasteiger partial charge in [0.05, 0.1) is 7.11 Å². The summed E-state index contributed by atoms with van der Waals surface area (Å²) in [5, 5.41) is 0. The minimum Gasteiger partial charge on any atom is -0.496 e. The molecule has 2 aromatic carbocycles. The van der Waals surface area contributed by atoms with Crippen LogP contribution >= 0.6 is 0 Å². The second kappa shape index (κ2) is 5.87. The predicted octanol–water partition coefficient (Wildman–Crippen LogP) is 3.24. The van der Waals surface area contributed by atoms with E-state index in [1.54, 1.807) is 25.3 Å². The molecule has 2 aromatic rings.